The largest absolute Gasteiger partial charge is 0.378 e. The van der Waals surface area contributed by atoms with Crippen LogP contribution in [0.4, 0.5) is 0 Å². The zero-order valence-electron chi connectivity index (χ0n) is 32.9. The van der Waals surface area contributed by atoms with Crippen LogP contribution in [-0.2, 0) is 18.9 Å². The van der Waals surface area contributed by atoms with Gasteiger partial charge in [0.1, 0.15) is 0 Å². The van der Waals surface area contributed by atoms with Crippen LogP contribution in [-0.4, -0.2) is 49.8 Å². The van der Waals surface area contributed by atoms with Crippen molar-refractivity contribution < 1.29 is 18.9 Å². The normalized spacial score (nSPS) is 46.1. The summed E-state index contributed by atoms with van der Waals surface area (Å²) in [7, 11) is 0. The van der Waals surface area contributed by atoms with Crippen molar-refractivity contribution in [2.75, 3.05) is 13.2 Å². The molecule has 4 aliphatic rings. The molecule has 0 aromatic heterocycles. The molecule has 0 N–H and O–H groups in total. The Hall–Kier alpha value is -0.160. The number of rotatable bonds is 2. The fourth-order valence-electron chi connectivity index (χ4n) is 7.58. The summed E-state index contributed by atoms with van der Waals surface area (Å²) in [5.41, 5.74) is 0. The van der Waals surface area contributed by atoms with Crippen molar-refractivity contribution in [2.24, 2.45) is 71.0 Å². The van der Waals surface area contributed by atoms with E-state index in [9.17, 15) is 0 Å². The molecule has 6 unspecified atom stereocenters. The molecule has 0 spiro atoms. The van der Waals surface area contributed by atoms with Gasteiger partial charge in [-0.15, -0.1) is 0 Å². The highest BCUT2D eigenvalue weighted by atomic mass is 16.5. The minimum absolute atomic E-state index is 0. The van der Waals surface area contributed by atoms with Crippen LogP contribution < -0.4 is 0 Å². The Bertz CT molecular complexity index is 659. The summed E-state index contributed by atoms with van der Waals surface area (Å²) in [5, 5.41) is 0. The maximum Gasteiger partial charge on any atom is 0.0604 e. The first-order valence-corrected chi connectivity index (χ1v) is 18.9. The third kappa shape index (κ3) is 14.5. The second-order valence-corrected chi connectivity index (χ2v) is 16.2. The highest BCUT2D eigenvalue weighted by Crippen LogP contribution is 2.37. The van der Waals surface area contributed by atoms with Crippen LogP contribution in [0.1, 0.15) is 160 Å². The quantitative estimate of drug-likeness (QED) is 0.292. The lowest BCUT2D eigenvalue weighted by molar-refractivity contribution is -0.125. The molecule has 0 radical (unpaired) electrons. The van der Waals surface area contributed by atoms with Gasteiger partial charge in [-0.25, -0.2) is 0 Å². The Balaban J connectivity index is -0.000000540. The first-order valence-electron chi connectivity index (χ1n) is 18.9. The van der Waals surface area contributed by atoms with Gasteiger partial charge in [0.25, 0.3) is 0 Å². The van der Waals surface area contributed by atoms with Crippen LogP contribution in [0.25, 0.3) is 0 Å². The number of ether oxygens (including phenoxy) is 4. The van der Waals surface area contributed by atoms with Crippen molar-refractivity contribution in [1.82, 2.24) is 0 Å². The molecule has 4 nitrogen and oxygen atoms in total. The lowest BCUT2D eigenvalue weighted by atomic mass is 9.76. The highest BCUT2D eigenvalue weighted by molar-refractivity contribution is 4.84. The Labute approximate surface area is 299 Å². The molecule has 4 saturated heterocycles. The molecule has 0 aromatic rings. The van der Waals surface area contributed by atoms with E-state index in [1.165, 1.54) is 0 Å². The summed E-state index contributed by atoms with van der Waals surface area (Å²) in [4.78, 5) is 0. The molecule has 4 heterocycles. The smallest absolute Gasteiger partial charge is 0.0604 e. The van der Waals surface area contributed by atoms with Gasteiger partial charge < -0.3 is 18.9 Å². The van der Waals surface area contributed by atoms with Gasteiger partial charge in [-0.05, 0) is 112 Å². The van der Waals surface area contributed by atoms with Crippen molar-refractivity contribution in [3.05, 3.63) is 0 Å². The summed E-state index contributed by atoms with van der Waals surface area (Å²) in [6, 6.07) is 0. The van der Waals surface area contributed by atoms with Gasteiger partial charge in [-0.2, -0.15) is 0 Å². The number of hydrogen-bond donors (Lipinski definition) is 0. The Kier molecular flexibility index (Phi) is 26.3. The Morgan fingerprint density at radius 1 is 0.340 bits per heavy atom. The van der Waals surface area contributed by atoms with Crippen LogP contribution in [0.3, 0.4) is 0 Å². The zero-order chi connectivity index (χ0) is 34.0. The van der Waals surface area contributed by atoms with E-state index in [4.69, 9.17) is 18.9 Å². The Morgan fingerprint density at radius 3 is 0.830 bits per heavy atom. The molecular formula is C43H92O4. The fraction of sp³-hybridized carbons (Fsp3) is 1.00. The van der Waals surface area contributed by atoms with Crippen molar-refractivity contribution in [3.63, 3.8) is 0 Å². The van der Waals surface area contributed by atoms with E-state index in [2.05, 4.69) is 125 Å². The van der Waals surface area contributed by atoms with Gasteiger partial charge in [-0.1, -0.05) is 119 Å². The van der Waals surface area contributed by atoms with Gasteiger partial charge in [0, 0.05) is 13.2 Å². The SMILES string of the molecule is C.C.C.CC1[C@H](C)OC[C@@H](C)[C@@H]1C.CC1[C@H](C)OC[C@@H](C)[C@H]1C.CCC1O[C@@H](C)C(C)[C@H](C)[C@@H]1C.CCC1O[C@@H](C)C(C)[C@H](C)[C@H]1C. The van der Waals surface area contributed by atoms with E-state index in [-0.39, 0.29) is 22.3 Å². The molecule has 4 rings (SSSR count). The second-order valence-electron chi connectivity index (χ2n) is 16.2. The molecule has 4 aliphatic heterocycles. The average Bonchev–Trinajstić information content (AvgIpc) is 3.01. The lowest BCUT2D eigenvalue weighted by Crippen LogP contribution is -2.42. The third-order valence-electron chi connectivity index (χ3n) is 13.7. The third-order valence-corrected chi connectivity index (χ3v) is 13.7. The molecule has 0 bridgehead atoms. The zero-order valence-corrected chi connectivity index (χ0v) is 32.9. The topological polar surface area (TPSA) is 36.9 Å². The van der Waals surface area contributed by atoms with Crippen molar-refractivity contribution >= 4 is 0 Å². The van der Waals surface area contributed by atoms with Crippen LogP contribution in [0.15, 0.2) is 0 Å². The van der Waals surface area contributed by atoms with Crippen LogP contribution in [0.2, 0.25) is 0 Å². The van der Waals surface area contributed by atoms with Gasteiger partial charge >= 0.3 is 0 Å². The predicted octanol–water partition coefficient (Wildman–Crippen LogP) is 12.7. The van der Waals surface area contributed by atoms with E-state index >= 15 is 0 Å². The average molecular weight is 673 g/mol. The number of hydrogen-bond acceptors (Lipinski definition) is 4. The molecule has 288 valence electrons. The minimum atomic E-state index is 0. The molecule has 0 aliphatic carbocycles. The molecule has 47 heavy (non-hydrogen) atoms. The Morgan fingerprint density at radius 2 is 0.596 bits per heavy atom. The standard InChI is InChI=1S/2C11H22O.2C9H18O.3CH4/c2*1-6-11-9(4)7(2)8(3)10(5)12-11;2*1-6-5-10-9(4)8(3)7(6)2;;;/h2*7-11H,6H2,1-5H3;2*6-9H,5H2,1-4H3;3*1H4/t7-,8?,9+,10-,11?;7-,8?,9-,10-,11?;6-,7+,8?,9+;6-,7-,8?,9+;;;/m0011.../s1. The molecule has 4 fully saturated rings. The van der Waals surface area contributed by atoms with E-state index in [0.717, 1.165) is 85.2 Å². The van der Waals surface area contributed by atoms with Gasteiger partial charge in [0.15, 0.2) is 0 Å². The van der Waals surface area contributed by atoms with E-state index in [1.54, 1.807) is 0 Å². The lowest BCUT2D eigenvalue weighted by Gasteiger charge is -2.42. The van der Waals surface area contributed by atoms with Crippen molar-refractivity contribution in [2.45, 2.75) is 196 Å². The molecule has 0 amide bonds. The second kappa shape index (κ2) is 24.1. The van der Waals surface area contributed by atoms with Gasteiger partial charge in [-0.3, -0.25) is 0 Å². The fourth-order valence-corrected chi connectivity index (χ4v) is 7.58. The maximum atomic E-state index is 5.93. The molecule has 0 aromatic carbocycles. The van der Waals surface area contributed by atoms with E-state index in [0.29, 0.717) is 48.5 Å². The summed E-state index contributed by atoms with van der Waals surface area (Å²) in [5.74, 6) is 9.06. The van der Waals surface area contributed by atoms with Crippen LogP contribution in [0, 0.1) is 71.0 Å². The van der Waals surface area contributed by atoms with E-state index in [1.807, 2.05) is 0 Å². The monoisotopic (exact) mass is 673 g/mol. The first kappa shape index (κ1) is 51.2. The highest BCUT2D eigenvalue weighted by Gasteiger charge is 2.37. The molecule has 0 saturated carbocycles. The summed E-state index contributed by atoms with van der Waals surface area (Å²) < 4.78 is 23.0. The van der Waals surface area contributed by atoms with Gasteiger partial charge in [0.2, 0.25) is 0 Å². The van der Waals surface area contributed by atoms with E-state index < -0.39 is 0 Å². The van der Waals surface area contributed by atoms with Crippen molar-refractivity contribution in [3.8, 4) is 0 Å². The summed E-state index contributed by atoms with van der Waals surface area (Å²) in [6.07, 6.45) is 5.11. The first-order chi connectivity index (χ1) is 20.4. The van der Waals surface area contributed by atoms with Crippen LogP contribution in [0.5, 0.6) is 0 Å². The molecule has 18 atom stereocenters. The maximum absolute atomic E-state index is 5.93. The molecular weight excluding hydrogens is 580 g/mol. The molecule has 4 heteroatoms. The van der Waals surface area contributed by atoms with Crippen molar-refractivity contribution in [1.29, 1.82) is 0 Å². The summed E-state index contributed by atoms with van der Waals surface area (Å²) >= 11 is 0. The minimum Gasteiger partial charge on any atom is -0.378 e. The summed E-state index contributed by atoms with van der Waals surface area (Å²) in [6.45, 7) is 42.8. The van der Waals surface area contributed by atoms with Crippen LogP contribution >= 0.6 is 0 Å². The predicted molar refractivity (Wildman–Crippen MR) is 210 cm³/mol. The van der Waals surface area contributed by atoms with Gasteiger partial charge in [0.05, 0.1) is 36.6 Å².